The standard InChI is InChI=1S/C10H20N2O.C2H6/c1-12-6-2-9(3-7-12)11-8-10(13)4-5-10;1-2/h9,11,13H,2-8H2,1H3;1-2H3. The SMILES string of the molecule is CC.CN1CCC(NCC2(O)CC2)CC1. The van der Waals surface area contributed by atoms with E-state index >= 15 is 0 Å². The molecule has 1 heterocycles. The van der Waals surface area contributed by atoms with Crippen molar-refractivity contribution in [2.24, 2.45) is 0 Å². The molecule has 0 amide bonds. The Morgan fingerprint density at radius 2 is 1.80 bits per heavy atom. The Balaban J connectivity index is 0.000000531. The number of hydrogen-bond donors (Lipinski definition) is 2. The maximum absolute atomic E-state index is 9.64. The minimum absolute atomic E-state index is 0.330. The van der Waals surface area contributed by atoms with Crippen molar-refractivity contribution in [3.8, 4) is 0 Å². The summed E-state index contributed by atoms with van der Waals surface area (Å²) in [5, 5.41) is 13.1. The van der Waals surface area contributed by atoms with Gasteiger partial charge in [0.15, 0.2) is 0 Å². The van der Waals surface area contributed by atoms with Gasteiger partial charge in [-0.05, 0) is 45.8 Å². The summed E-state index contributed by atoms with van der Waals surface area (Å²) < 4.78 is 0. The summed E-state index contributed by atoms with van der Waals surface area (Å²) in [5.41, 5.74) is -0.330. The van der Waals surface area contributed by atoms with Crippen LogP contribution in [0, 0.1) is 0 Å². The third-order valence-corrected chi connectivity index (χ3v) is 3.27. The van der Waals surface area contributed by atoms with E-state index < -0.39 is 0 Å². The molecule has 0 radical (unpaired) electrons. The van der Waals surface area contributed by atoms with Crippen LogP contribution >= 0.6 is 0 Å². The predicted octanol–water partition coefficient (Wildman–Crippen LogP) is 1.22. The van der Waals surface area contributed by atoms with Crippen LogP contribution in [0.4, 0.5) is 0 Å². The van der Waals surface area contributed by atoms with Gasteiger partial charge in [-0.2, -0.15) is 0 Å². The van der Waals surface area contributed by atoms with E-state index in [-0.39, 0.29) is 5.60 Å². The van der Waals surface area contributed by atoms with E-state index in [0.717, 1.165) is 19.4 Å². The van der Waals surface area contributed by atoms with Gasteiger partial charge in [-0.3, -0.25) is 0 Å². The minimum Gasteiger partial charge on any atom is -0.389 e. The van der Waals surface area contributed by atoms with Gasteiger partial charge in [-0.25, -0.2) is 0 Å². The number of nitrogens with zero attached hydrogens (tertiary/aromatic N) is 1. The second-order valence-corrected chi connectivity index (χ2v) is 4.68. The minimum atomic E-state index is -0.330. The van der Waals surface area contributed by atoms with Crippen LogP contribution in [0.5, 0.6) is 0 Å². The van der Waals surface area contributed by atoms with Crippen LogP contribution in [-0.4, -0.2) is 48.3 Å². The molecule has 0 aromatic heterocycles. The highest BCUT2D eigenvalue weighted by Gasteiger charge is 2.40. The molecule has 1 aliphatic heterocycles. The molecule has 0 bridgehead atoms. The molecule has 0 aromatic rings. The van der Waals surface area contributed by atoms with E-state index in [9.17, 15) is 5.11 Å². The van der Waals surface area contributed by atoms with Crippen molar-refractivity contribution in [1.82, 2.24) is 10.2 Å². The fraction of sp³-hybridized carbons (Fsp3) is 1.00. The van der Waals surface area contributed by atoms with Crippen LogP contribution in [0.2, 0.25) is 0 Å². The number of aliphatic hydroxyl groups is 1. The average Bonchev–Trinajstić information content (AvgIpc) is 3.00. The highest BCUT2D eigenvalue weighted by molar-refractivity contribution is 4.96. The molecule has 3 heteroatoms. The summed E-state index contributed by atoms with van der Waals surface area (Å²) in [4.78, 5) is 2.37. The fourth-order valence-electron chi connectivity index (χ4n) is 1.87. The van der Waals surface area contributed by atoms with Crippen molar-refractivity contribution in [2.45, 2.75) is 51.2 Å². The zero-order valence-electron chi connectivity index (χ0n) is 10.4. The van der Waals surface area contributed by atoms with Crippen molar-refractivity contribution >= 4 is 0 Å². The molecule has 2 fully saturated rings. The maximum atomic E-state index is 9.64. The van der Waals surface area contributed by atoms with Crippen molar-refractivity contribution in [3.63, 3.8) is 0 Å². The normalized spacial score (nSPS) is 25.6. The monoisotopic (exact) mass is 214 g/mol. The average molecular weight is 214 g/mol. The Labute approximate surface area is 93.9 Å². The molecule has 90 valence electrons. The van der Waals surface area contributed by atoms with Crippen molar-refractivity contribution in [3.05, 3.63) is 0 Å². The number of piperidine rings is 1. The molecule has 0 aromatic carbocycles. The molecule has 2 N–H and O–H groups in total. The van der Waals surface area contributed by atoms with Crippen molar-refractivity contribution in [1.29, 1.82) is 0 Å². The van der Waals surface area contributed by atoms with Gasteiger partial charge in [-0.1, -0.05) is 13.8 Å². The number of rotatable bonds is 3. The van der Waals surface area contributed by atoms with Gasteiger partial charge < -0.3 is 15.3 Å². The first-order valence-corrected chi connectivity index (χ1v) is 6.32. The topological polar surface area (TPSA) is 35.5 Å². The molecule has 1 aliphatic carbocycles. The van der Waals surface area contributed by atoms with E-state index in [1.54, 1.807) is 0 Å². The van der Waals surface area contributed by atoms with E-state index in [4.69, 9.17) is 0 Å². The second-order valence-electron chi connectivity index (χ2n) is 4.68. The van der Waals surface area contributed by atoms with Crippen LogP contribution in [0.25, 0.3) is 0 Å². The Hall–Kier alpha value is -0.120. The zero-order chi connectivity index (χ0) is 11.3. The van der Waals surface area contributed by atoms with E-state index in [1.165, 1.54) is 25.9 Å². The molecule has 15 heavy (non-hydrogen) atoms. The predicted molar refractivity (Wildman–Crippen MR) is 64.1 cm³/mol. The lowest BCUT2D eigenvalue weighted by molar-refractivity contribution is 0.135. The molecule has 1 saturated carbocycles. The number of nitrogens with one attached hydrogen (secondary N) is 1. The third kappa shape index (κ3) is 4.49. The first kappa shape index (κ1) is 12.9. The van der Waals surface area contributed by atoms with Gasteiger partial charge in [0.2, 0.25) is 0 Å². The van der Waals surface area contributed by atoms with Crippen LogP contribution in [-0.2, 0) is 0 Å². The quantitative estimate of drug-likeness (QED) is 0.741. The Morgan fingerprint density at radius 1 is 1.27 bits per heavy atom. The van der Waals surface area contributed by atoms with Crippen LogP contribution in [0.1, 0.15) is 39.5 Å². The van der Waals surface area contributed by atoms with E-state index in [1.807, 2.05) is 13.8 Å². The largest absolute Gasteiger partial charge is 0.389 e. The van der Waals surface area contributed by atoms with Gasteiger partial charge in [-0.15, -0.1) is 0 Å². The Bertz CT molecular complexity index is 172. The lowest BCUT2D eigenvalue weighted by atomic mass is 10.1. The van der Waals surface area contributed by atoms with Crippen molar-refractivity contribution < 1.29 is 5.11 Å². The lowest BCUT2D eigenvalue weighted by Gasteiger charge is -2.30. The highest BCUT2D eigenvalue weighted by atomic mass is 16.3. The van der Waals surface area contributed by atoms with Crippen LogP contribution in [0.3, 0.4) is 0 Å². The zero-order valence-corrected chi connectivity index (χ0v) is 10.4. The van der Waals surface area contributed by atoms with Crippen LogP contribution < -0.4 is 5.32 Å². The summed E-state index contributed by atoms with van der Waals surface area (Å²) >= 11 is 0. The first-order chi connectivity index (χ1) is 7.18. The molecular formula is C12H26N2O. The Kier molecular flexibility index (Phi) is 5.03. The van der Waals surface area contributed by atoms with Gasteiger partial charge >= 0.3 is 0 Å². The summed E-state index contributed by atoms with van der Waals surface area (Å²) in [6.07, 6.45) is 4.44. The van der Waals surface area contributed by atoms with Crippen LogP contribution in [0.15, 0.2) is 0 Å². The first-order valence-electron chi connectivity index (χ1n) is 6.32. The van der Waals surface area contributed by atoms with Gasteiger partial charge in [0.1, 0.15) is 0 Å². The summed E-state index contributed by atoms with van der Waals surface area (Å²) in [5.74, 6) is 0. The molecule has 0 spiro atoms. The van der Waals surface area contributed by atoms with E-state index in [2.05, 4.69) is 17.3 Å². The Morgan fingerprint density at radius 3 is 2.27 bits per heavy atom. The molecule has 1 saturated heterocycles. The van der Waals surface area contributed by atoms with Crippen molar-refractivity contribution in [2.75, 3.05) is 26.7 Å². The summed E-state index contributed by atoms with van der Waals surface area (Å²) in [7, 11) is 2.17. The van der Waals surface area contributed by atoms with Gasteiger partial charge in [0, 0.05) is 12.6 Å². The second kappa shape index (κ2) is 5.83. The molecule has 3 nitrogen and oxygen atoms in total. The third-order valence-electron chi connectivity index (χ3n) is 3.27. The maximum Gasteiger partial charge on any atom is 0.0773 e. The van der Waals surface area contributed by atoms with Gasteiger partial charge in [0.05, 0.1) is 5.60 Å². The van der Waals surface area contributed by atoms with E-state index in [0.29, 0.717) is 6.04 Å². The molecule has 0 unspecified atom stereocenters. The smallest absolute Gasteiger partial charge is 0.0773 e. The fourth-order valence-corrected chi connectivity index (χ4v) is 1.87. The van der Waals surface area contributed by atoms with Gasteiger partial charge in [0.25, 0.3) is 0 Å². The molecule has 2 aliphatic rings. The number of hydrogen-bond acceptors (Lipinski definition) is 3. The molecular weight excluding hydrogens is 188 g/mol. The summed E-state index contributed by atoms with van der Waals surface area (Å²) in [6, 6.07) is 0.640. The summed E-state index contributed by atoms with van der Waals surface area (Å²) in [6.45, 7) is 7.19. The lowest BCUT2D eigenvalue weighted by Crippen LogP contribution is -2.43. The molecule has 0 atom stereocenters. The highest BCUT2D eigenvalue weighted by Crippen LogP contribution is 2.34. The molecule has 2 rings (SSSR count). The number of likely N-dealkylation sites (tertiary alicyclic amines) is 1.